The molecule has 1 saturated heterocycles. The number of carbonyl (C=O) groups is 1. The predicted molar refractivity (Wildman–Crippen MR) is 112 cm³/mol. The fourth-order valence-corrected chi connectivity index (χ4v) is 5.95. The molecule has 0 unspecified atom stereocenters. The molecular weight excluding hydrogens is 411 g/mol. The third-order valence-corrected chi connectivity index (χ3v) is 8.11. The molecular formula is C21H21FN2O3S2. The standard InChI is InChI=1S/C21H21FN2O3S2/c1-15-3-6-18(7-4-15)29(26,27)24-10-2-9-23(11-12-24)21(25)20-14-16-13-17(22)5-8-19(16)28-20/h3-8,13-14H,2,9-12H2,1H3. The summed E-state index contributed by atoms with van der Waals surface area (Å²) in [5.74, 6) is -0.470. The van der Waals surface area contributed by atoms with E-state index in [0.29, 0.717) is 36.3 Å². The number of sulfonamides is 1. The summed E-state index contributed by atoms with van der Waals surface area (Å²) in [4.78, 5) is 15.4. The second kappa shape index (κ2) is 7.85. The number of amides is 1. The van der Waals surface area contributed by atoms with E-state index < -0.39 is 10.0 Å². The van der Waals surface area contributed by atoms with Crippen molar-refractivity contribution in [3.63, 3.8) is 0 Å². The molecule has 0 radical (unpaired) electrons. The molecule has 3 aromatic rings. The number of nitrogens with zero attached hydrogens (tertiary/aromatic N) is 2. The Labute approximate surface area is 173 Å². The van der Waals surface area contributed by atoms with Gasteiger partial charge in [0.1, 0.15) is 5.82 Å². The van der Waals surface area contributed by atoms with Crippen LogP contribution in [0.5, 0.6) is 0 Å². The number of aryl methyl sites for hydroxylation is 1. The second-order valence-electron chi connectivity index (χ2n) is 7.16. The first-order valence-corrected chi connectivity index (χ1v) is 11.7. The first-order chi connectivity index (χ1) is 13.8. The quantitative estimate of drug-likeness (QED) is 0.631. The highest BCUT2D eigenvalue weighted by molar-refractivity contribution is 7.89. The summed E-state index contributed by atoms with van der Waals surface area (Å²) in [6.45, 7) is 3.35. The average molecular weight is 433 g/mol. The molecule has 1 fully saturated rings. The highest BCUT2D eigenvalue weighted by Crippen LogP contribution is 2.28. The molecule has 1 aliphatic rings. The maximum atomic E-state index is 13.4. The van der Waals surface area contributed by atoms with Gasteiger partial charge in [0.05, 0.1) is 9.77 Å². The molecule has 0 bridgehead atoms. The molecule has 0 N–H and O–H groups in total. The van der Waals surface area contributed by atoms with Crippen LogP contribution in [-0.2, 0) is 10.0 Å². The van der Waals surface area contributed by atoms with Gasteiger partial charge in [-0.25, -0.2) is 12.8 Å². The predicted octanol–water partition coefficient (Wildman–Crippen LogP) is 3.89. The number of thiophene rings is 1. The molecule has 0 saturated carbocycles. The second-order valence-corrected chi connectivity index (χ2v) is 10.2. The van der Waals surface area contributed by atoms with Crippen molar-refractivity contribution < 1.29 is 17.6 Å². The van der Waals surface area contributed by atoms with Crippen molar-refractivity contribution in [2.45, 2.75) is 18.2 Å². The van der Waals surface area contributed by atoms with E-state index in [0.717, 1.165) is 10.3 Å². The molecule has 2 aromatic carbocycles. The molecule has 1 aliphatic heterocycles. The van der Waals surface area contributed by atoms with Crippen LogP contribution in [0.1, 0.15) is 21.7 Å². The Balaban J connectivity index is 1.50. The summed E-state index contributed by atoms with van der Waals surface area (Å²) in [5.41, 5.74) is 1.000. The van der Waals surface area contributed by atoms with Crippen LogP contribution in [-0.4, -0.2) is 49.7 Å². The lowest BCUT2D eigenvalue weighted by atomic mass is 10.2. The van der Waals surface area contributed by atoms with Gasteiger partial charge in [-0.1, -0.05) is 17.7 Å². The van der Waals surface area contributed by atoms with E-state index in [-0.39, 0.29) is 23.2 Å². The number of halogens is 1. The summed E-state index contributed by atoms with van der Waals surface area (Å²) in [5, 5.41) is 0.705. The molecule has 152 valence electrons. The number of carbonyl (C=O) groups excluding carboxylic acids is 1. The minimum atomic E-state index is -3.58. The van der Waals surface area contributed by atoms with Crippen LogP contribution in [0.2, 0.25) is 0 Å². The lowest BCUT2D eigenvalue weighted by Crippen LogP contribution is -2.37. The van der Waals surface area contributed by atoms with E-state index >= 15 is 0 Å². The lowest BCUT2D eigenvalue weighted by Gasteiger charge is -2.21. The fraction of sp³-hybridized carbons (Fsp3) is 0.286. The Bertz CT molecular complexity index is 1160. The van der Waals surface area contributed by atoms with E-state index in [1.807, 2.05) is 6.92 Å². The smallest absolute Gasteiger partial charge is 0.264 e. The lowest BCUT2D eigenvalue weighted by molar-refractivity contribution is 0.0769. The van der Waals surface area contributed by atoms with Gasteiger partial charge in [0.2, 0.25) is 10.0 Å². The number of benzene rings is 2. The van der Waals surface area contributed by atoms with E-state index in [2.05, 4.69) is 0 Å². The van der Waals surface area contributed by atoms with Gasteiger partial charge in [-0.05, 0) is 55.1 Å². The first kappa shape index (κ1) is 20.0. The Morgan fingerprint density at radius 1 is 1.00 bits per heavy atom. The average Bonchev–Trinajstić information content (AvgIpc) is 2.94. The van der Waals surface area contributed by atoms with Crippen molar-refractivity contribution >= 4 is 37.4 Å². The maximum Gasteiger partial charge on any atom is 0.264 e. The van der Waals surface area contributed by atoms with Gasteiger partial charge in [0, 0.05) is 30.9 Å². The zero-order chi connectivity index (χ0) is 20.6. The van der Waals surface area contributed by atoms with Crippen molar-refractivity contribution in [3.8, 4) is 0 Å². The van der Waals surface area contributed by atoms with Crippen LogP contribution in [0.3, 0.4) is 0 Å². The molecule has 0 aliphatic carbocycles. The molecule has 1 aromatic heterocycles. The molecule has 5 nitrogen and oxygen atoms in total. The number of hydrogen-bond donors (Lipinski definition) is 0. The summed E-state index contributed by atoms with van der Waals surface area (Å²) >= 11 is 1.33. The van der Waals surface area contributed by atoms with Crippen LogP contribution in [0.15, 0.2) is 53.4 Å². The highest BCUT2D eigenvalue weighted by Gasteiger charge is 2.29. The SMILES string of the molecule is Cc1ccc(S(=O)(=O)N2CCCN(C(=O)c3cc4cc(F)ccc4s3)CC2)cc1. The Hall–Kier alpha value is -2.29. The molecule has 0 spiro atoms. The summed E-state index contributed by atoms with van der Waals surface area (Å²) < 4.78 is 41.6. The zero-order valence-corrected chi connectivity index (χ0v) is 17.6. The van der Waals surface area contributed by atoms with E-state index in [1.54, 1.807) is 41.3 Å². The molecule has 29 heavy (non-hydrogen) atoms. The monoisotopic (exact) mass is 432 g/mol. The third-order valence-electron chi connectivity index (χ3n) is 5.09. The topological polar surface area (TPSA) is 57.7 Å². The Kier molecular flexibility index (Phi) is 5.42. The maximum absolute atomic E-state index is 13.4. The van der Waals surface area contributed by atoms with Crippen LogP contribution in [0.4, 0.5) is 4.39 Å². The van der Waals surface area contributed by atoms with Crippen LogP contribution in [0.25, 0.3) is 10.1 Å². The molecule has 4 rings (SSSR count). The van der Waals surface area contributed by atoms with Gasteiger partial charge in [-0.15, -0.1) is 11.3 Å². The van der Waals surface area contributed by atoms with Crippen LogP contribution in [0, 0.1) is 12.7 Å². The van der Waals surface area contributed by atoms with Crippen molar-refractivity contribution in [2.75, 3.05) is 26.2 Å². The summed E-state index contributed by atoms with van der Waals surface area (Å²) in [7, 11) is -3.58. The fourth-order valence-electron chi connectivity index (χ4n) is 3.47. The first-order valence-electron chi connectivity index (χ1n) is 9.40. The molecule has 2 heterocycles. The zero-order valence-electron chi connectivity index (χ0n) is 16.0. The minimum absolute atomic E-state index is 0.138. The normalized spacial score (nSPS) is 16.1. The van der Waals surface area contributed by atoms with Crippen molar-refractivity contribution in [1.29, 1.82) is 0 Å². The van der Waals surface area contributed by atoms with E-state index in [9.17, 15) is 17.6 Å². The van der Waals surface area contributed by atoms with Crippen molar-refractivity contribution in [1.82, 2.24) is 9.21 Å². The summed E-state index contributed by atoms with van der Waals surface area (Å²) in [6, 6.07) is 13.0. The van der Waals surface area contributed by atoms with Crippen LogP contribution < -0.4 is 0 Å². The van der Waals surface area contributed by atoms with Gasteiger partial charge in [-0.2, -0.15) is 4.31 Å². The van der Waals surface area contributed by atoms with Crippen molar-refractivity contribution in [2.24, 2.45) is 0 Å². The molecule has 0 atom stereocenters. The Morgan fingerprint density at radius 3 is 2.52 bits per heavy atom. The number of fused-ring (bicyclic) bond motifs is 1. The van der Waals surface area contributed by atoms with Crippen LogP contribution >= 0.6 is 11.3 Å². The molecule has 8 heteroatoms. The number of rotatable bonds is 3. The highest BCUT2D eigenvalue weighted by atomic mass is 32.2. The van der Waals surface area contributed by atoms with Gasteiger partial charge < -0.3 is 4.90 Å². The van der Waals surface area contributed by atoms with Gasteiger partial charge in [0.15, 0.2) is 0 Å². The largest absolute Gasteiger partial charge is 0.337 e. The van der Waals surface area contributed by atoms with Crippen molar-refractivity contribution in [3.05, 3.63) is 64.8 Å². The number of hydrogen-bond acceptors (Lipinski definition) is 4. The third kappa shape index (κ3) is 4.05. The van der Waals surface area contributed by atoms with E-state index in [1.165, 1.54) is 27.8 Å². The van der Waals surface area contributed by atoms with E-state index in [4.69, 9.17) is 0 Å². The molecule has 1 amide bonds. The minimum Gasteiger partial charge on any atom is -0.337 e. The van der Waals surface area contributed by atoms with Gasteiger partial charge in [0.25, 0.3) is 5.91 Å². The summed E-state index contributed by atoms with van der Waals surface area (Å²) in [6.07, 6.45) is 0.566. The van der Waals surface area contributed by atoms with Gasteiger partial charge >= 0.3 is 0 Å². The Morgan fingerprint density at radius 2 is 1.76 bits per heavy atom. The van der Waals surface area contributed by atoms with Gasteiger partial charge in [-0.3, -0.25) is 4.79 Å².